The number of anilines is 1. The lowest BCUT2D eigenvalue weighted by molar-refractivity contribution is 0.278. The summed E-state index contributed by atoms with van der Waals surface area (Å²) in [5.74, 6) is 1.26. The number of aryl methyl sites for hydroxylation is 1. The average Bonchev–Trinajstić information content (AvgIpc) is 2.42. The smallest absolute Gasteiger partial charge is 0.153 e. The maximum atomic E-state index is 8.56. The molecule has 1 fully saturated rings. The van der Waals surface area contributed by atoms with Crippen LogP contribution >= 0.6 is 15.9 Å². The van der Waals surface area contributed by atoms with Gasteiger partial charge in [-0.05, 0) is 35.0 Å². The van der Waals surface area contributed by atoms with Crippen LogP contribution in [-0.2, 0) is 0 Å². The SMILES string of the molecule is Cc1nc(N2CCN(C/C(N)=N/O)CC2)ccc1Br. The van der Waals surface area contributed by atoms with E-state index in [-0.39, 0.29) is 5.84 Å². The van der Waals surface area contributed by atoms with Crippen molar-refractivity contribution in [1.82, 2.24) is 9.88 Å². The van der Waals surface area contributed by atoms with Crippen LogP contribution in [0.1, 0.15) is 5.69 Å². The third kappa shape index (κ3) is 3.57. The van der Waals surface area contributed by atoms with Crippen molar-refractivity contribution in [2.24, 2.45) is 10.9 Å². The fourth-order valence-electron chi connectivity index (χ4n) is 2.10. The zero-order valence-corrected chi connectivity index (χ0v) is 12.5. The van der Waals surface area contributed by atoms with Gasteiger partial charge in [-0.15, -0.1) is 0 Å². The summed E-state index contributed by atoms with van der Waals surface area (Å²) in [6.07, 6.45) is 0. The normalized spacial score (nSPS) is 17.8. The monoisotopic (exact) mass is 327 g/mol. The van der Waals surface area contributed by atoms with E-state index in [1.54, 1.807) is 0 Å². The molecule has 2 rings (SSSR count). The molecular formula is C12H18BrN5O. The predicted molar refractivity (Wildman–Crippen MR) is 78.7 cm³/mol. The Balaban J connectivity index is 1.94. The van der Waals surface area contributed by atoms with Crippen molar-refractivity contribution < 1.29 is 5.21 Å². The van der Waals surface area contributed by atoms with E-state index in [0.717, 1.165) is 42.2 Å². The van der Waals surface area contributed by atoms with Crippen molar-refractivity contribution >= 4 is 27.6 Å². The number of aromatic nitrogens is 1. The third-order valence-corrected chi connectivity index (χ3v) is 4.06. The van der Waals surface area contributed by atoms with Crippen molar-refractivity contribution in [3.8, 4) is 0 Å². The van der Waals surface area contributed by atoms with Crippen LogP contribution in [0.5, 0.6) is 0 Å². The van der Waals surface area contributed by atoms with E-state index >= 15 is 0 Å². The van der Waals surface area contributed by atoms with Gasteiger partial charge in [0.15, 0.2) is 5.84 Å². The van der Waals surface area contributed by atoms with Gasteiger partial charge in [0.2, 0.25) is 0 Å². The number of amidine groups is 1. The van der Waals surface area contributed by atoms with E-state index < -0.39 is 0 Å². The van der Waals surface area contributed by atoms with E-state index in [2.05, 4.69) is 35.9 Å². The molecule has 3 N–H and O–H groups in total. The van der Waals surface area contributed by atoms with Crippen LogP contribution in [0.15, 0.2) is 21.8 Å². The number of hydrogen-bond donors (Lipinski definition) is 2. The fourth-order valence-corrected chi connectivity index (χ4v) is 2.32. The Kier molecular flexibility index (Phi) is 4.60. The maximum Gasteiger partial charge on any atom is 0.153 e. The van der Waals surface area contributed by atoms with Crippen molar-refractivity contribution in [1.29, 1.82) is 0 Å². The number of nitrogens with two attached hydrogens (primary N) is 1. The number of pyridine rings is 1. The minimum atomic E-state index is 0.256. The molecule has 0 amide bonds. The first-order chi connectivity index (χ1) is 9.10. The van der Waals surface area contributed by atoms with Crippen LogP contribution in [-0.4, -0.2) is 53.7 Å². The number of nitrogens with zero attached hydrogens (tertiary/aromatic N) is 4. The molecule has 19 heavy (non-hydrogen) atoms. The summed E-state index contributed by atoms with van der Waals surface area (Å²) >= 11 is 3.46. The second kappa shape index (κ2) is 6.21. The highest BCUT2D eigenvalue weighted by atomic mass is 79.9. The maximum absolute atomic E-state index is 8.56. The molecule has 104 valence electrons. The second-order valence-electron chi connectivity index (χ2n) is 4.59. The standard InChI is InChI=1S/C12H18BrN5O/c1-9-10(13)2-3-12(15-9)18-6-4-17(5-7-18)8-11(14)16-19/h2-3,19H,4-8H2,1H3,(H2,14,16). The Morgan fingerprint density at radius 1 is 1.42 bits per heavy atom. The summed E-state index contributed by atoms with van der Waals surface area (Å²) < 4.78 is 1.03. The lowest BCUT2D eigenvalue weighted by atomic mass is 10.3. The molecule has 0 unspecified atom stereocenters. The van der Waals surface area contributed by atoms with Gasteiger partial charge in [0.1, 0.15) is 5.82 Å². The van der Waals surface area contributed by atoms with Crippen LogP contribution in [0.25, 0.3) is 0 Å². The van der Waals surface area contributed by atoms with Gasteiger partial charge in [0.05, 0.1) is 12.2 Å². The Hall–Kier alpha value is -1.34. The highest BCUT2D eigenvalue weighted by Crippen LogP contribution is 2.20. The summed E-state index contributed by atoms with van der Waals surface area (Å²) in [7, 11) is 0. The van der Waals surface area contributed by atoms with Crippen molar-refractivity contribution in [3.05, 3.63) is 22.3 Å². The number of piperazine rings is 1. The van der Waals surface area contributed by atoms with Gasteiger partial charge in [-0.25, -0.2) is 4.98 Å². The first-order valence-corrected chi connectivity index (χ1v) is 6.96. The van der Waals surface area contributed by atoms with Gasteiger partial charge in [0.25, 0.3) is 0 Å². The highest BCUT2D eigenvalue weighted by Gasteiger charge is 2.18. The number of hydrogen-bond acceptors (Lipinski definition) is 5. The molecule has 0 bridgehead atoms. The summed E-state index contributed by atoms with van der Waals surface area (Å²) in [6, 6.07) is 4.05. The summed E-state index contributed by atoms with van der Waals surface area (Å²) in [6.45, 7) is 6.05. The molecule has 0 aliphatic carbocycles. The quantitative estimate of drug-likeness (QED) is 0.375. The lowest BCUT2D eigenvalue weighted by Gasteiger charge is -2.35. The van der Waals surface area contributed by atoms with Crippen LogP contribution in [0.4, 0.5) is 5.82 Å². The molecule has 2 heterocycles. The largest absolute Gasteiger partial charge is 0.409 e. The minimum absolute atomic E-state index is 0.256. The van der Waals surface area contributed by atoms with Gasteiger partial charge in [-0.1, -0.05) is 5.16 Å². The van der Waals surface area contributed by atoms with E-state index in [0.29, 0.717) is 6.54 Å². The summed E-state index contributed by atoms with van der Waals surface area (Å²) in [5, 5.41) is 11.6. The van der Waals surface area contributed by atoms with Crippen LogP contribution in [0.2, 0.25) is 0 Å². The lowest BCUT2D eigenvalue weighted by Crippen LogP contribution is -2.49. The van der Waals surface area contributed by atoms with Crippen LogP contribution in [0.3, 0.4) is 0 Å². The van der Waals surface area contributed by atoms with Crippen molar-refractivity contribution in [2.45, 2.75) is 6.92 Å². The number of halogens is 1. The molecule has 1 saturated heterocycles. The fraction of sp³-hybridized carbons (Fsp3) is 0.500. The minimum Gasteiger partial charge on any atom is -0.409 e. The number of oxime groups is 1. The summed E-state index contributed by atoms with van der Waals surface area (Å²) in [4.78, 5) is 8.99. The molecule has 1 aromatic heterocycles. The van der Waals surface area contributed by atoms with Crippen molar-refractivity contribution in [3.63, 3.8) is 0 Å². The summed E-state index contributed by atoms with van der Waals surface area (Å²) in [5.41, 5.74) is 6.51. The highest BCUT2D eigenvalue weighted by molar-refractivity contribution is 9.10. The van der Waals surface area contributed by atoms with E-state index in [9.17, 15) is 0 Å². The second-order valence-corrected chi connectivity index (χ2v) is 5.45. The molecule has 6 nitrogen and oxygen atoms in total. The van der Waals surface area contributed by atoms with Crippen LogP contribution < -0.4 is 10.6 Å². The molecule has 0 aromatic carbocycles. The topological polar surface area (TPSA) is 78.0 Å². The Labute approximate surface area is 121 Å². The molecule has 0 saturated carbocycles. The zero-order chi connectivity index (χ0) is 13.8. The zero-order valence-electron chi connectivity index (χ0n) is 10.9. The van der Waals surface area contributed by atoms with E-state index in [1.807, 2.05) is 19.1 Å². The van der Waals surface area contributed by atoms with Crippen LogP contribution in [0, 0.1) is 6.92 Å². The Morgan fingerprint density at radius 2 is 2.11 bits per heavy atom. The molecular weight excluding hydrogens is 310 g/mol. The molecule has 0 spiro atoms. The first kappa shape index (κ1) is 14.1. The average molecular weight is 328 g/mol. The molecule has 1 aliphatic rings. The van der Waals surface area contributed by atoms with E-state index in [4.69, 9.17) is 10.9 Å². The Morgan fingerprint density at radius 3 is 2.68 bits per heavy atom. The third-order valence-electron chi connectivity index (χ3n) is 3.22. The van der Waals surface area contributed by atoms with E-state index in [1.165, 1.54) is 0 Å². The predicted octanol–water partition coefficient (Wildman–Crippen LogP) is 1.02. The Bertz CT molecular complexity index is 471. The molecule has 0 radical (unpaired) electrons. The molecule has 1 aliphatic heterocycles. The van der Waals surface area contributed by atoms with Gasteiger partial charge in [-0.3, -0.25) is 4.90 Å². The molecule has 1 aromatic rings. The molecule has 7 heteroatoms. The number of rotatable bonds is 3. The van der Waals surface area contributed by atoms with Gasteiger partial charge >= 0.3 is 0 Å². The van der Waals surface area contributed by atoms with Gasteiger partial charge in [0, 0.05) is 30.7 Å². The van der Waals surface area contributed by atoms with Gasteiger partial charge in [-0.2, -0.15) is 0 Å². The molecule has 0 atom stereocenters. The first-order valence-electron chi connectivity index (χ1n) is 6.17. The van der Waals surface area contributed by atoms with Crippen molar-refractivity contribution in [2.75, 3.05) is 37.6 Å². The van der Waals surface area contributed by atoms with Gasteiger partial charge < -0.3 is 15.8 Å².